The fraction of sp³-hybridized carbons (Fsp3) is 0.0357. The highest BCUT2D eigenvalue weighted by atomic mass is 15.0. The van der Waals surface area contributed by atoms with E-state index in [0.717, 1.165) is 0 Å². The molecule has 4 nitrogen and oxygen atoms in total. The molecule has 60 heavy (non-hydrogen) atoms. The van der Waals surface area contributed by atoms with E-state index in [4.69, 9.17) is 0 Å². The van der Waals surface area contributed by atoms with E-state index in [1.165, 1.54) is 142 Å². The largest absolute Gasteiger partial charge is 0.309 e. The molecule has 0 bridgehead atoms. The van der Waals surface area contributed by atoms with Gasteiger partial charge in [0.1, 0.15) is 0 Å². The number of aromatic nitrogens is 4. The monoisotopic (exact) mass is 762 g/mol. The van der Waals surface area contributed by atoms with Gasteiger partial charge in [-0.05, 0) is 85.6 Å². The van der Waals surface area contributed by atoms with E-state index < -0.39 is 0 Å². The van der Waals surface area contributed by atoms with Crippen molar-refractivity contribution >= 4 is 120 Å². The van der Waals surface area contributed by atoms with Crippen LogP contribution in [-0.2, 0) is 0 Å². The second-order valence-corrected chi connectivity index (χ2v) is 16.9. The molecule has 0 aliphatic heterocycles. The van der Waals surface area contributed by atoms with Gasteiger partial charge in [-0.25, -0.2) is 0 Å². The molecule has 6 aromatic heterocycles. The van der Waals surface area contributed by atoms with E-state index in [0.29, 0.717) is 0 Å². The summed E-state index contributed by atoms with van der Waals surface area (Å²) in [6.07, 6.45) is 0. The van der Waals surface area contributed by atoms with Gasteiger partial charge in [0.05, 0.1) is 55.2 Å². The Morgan fingerprint density at radius 3 is 1.02 bits per heavy atom. The lowest BCUT2D eigenvalue weighted by Gasteiger charge is -2.11. The van der Waals surface area contributed by atoms with Crippen molar-refractivity contribution in [1.29, 1.82) is 0 Å². The van der Waals surface area contributed by atoms with Crippen LogP contribution < -0.4 is 0 Å². The summed E-state index contributed by atoms with van der Waals surface area (Å²) < 4.78 is 10.1. The number of fused-ring (bicyclic) bond motifs is 20. The zero-order valence-corrected chi connectivity index (χ0v) is 33.0. The summed E-state index contributed by atoms with van der Waals surface area (Å²) in [5.41, 5.74) is 17.8. The summed E-state index contributed by atoms with van der Waals surface area (Å²) in [6, 6.07) is 62.9. The number of benzene rings is 9. The Kier molecular flexibility index (Phi) is 5.52. The third kappa shape index (κ3) is 3.43. The fourth-order valence-corrected chi connectivity index (χ4v) is 12.0. The standard InChI is InChI=1S/C56H34N4/c1-31-47-37-21-13-23-39-52-46(30-28-44-50(52)36-20-10-12-26-42(36)58(44)34-17-7-4-8-18-34)60(55(37)39)54(47)32(2)48-38-22-14-24-40-51-45(59(53(31)48)56(38)40)29-27-43-49(51)35-19-9-11-25-41(35)57(43)33-15-5-3-6-16-33/h3-30H,1-2H3. The molecule has 6 heterocycles. The van der Waals surface area contributed by atoms with Crippen molar-refractivity contribution < 1.29 is 0 Å². The minimum absolute atomic E-state index is 1.18. The molecule has 4 heteroatoms. The lowest BCUT2D eigenvalue weighted by atomic mass is 9.96. The molecule has 0 fully saturated rings. The van der Waals surface area contributed by atoms with Crippen LogP contribution in [0.5, 0.6) is 0 Å². The second kappa shape index (κ2) is 10.6. The summed E-state index contributed by atoms with van der Waals surface area (Å²) in [4.78, 5) is 0. The smallest absolute Gasteiger partial charge is 0.0620 e. The van der Waals surface area contributed by atoms with Crippen LogP contribution >= 0.6 is 0 Å². The minimum atomic E-state index is 1.18. The van der Waals surface area contributed by atoms with E-state index in [9.17, 15) is 0 Å². The summed E-state index contributed by atoms with van der Waals surface area (Å²) in [6.45, 7) is 4.75. The third-order valence-electron chi connectivity index (χ3n) is 14.1. The van der Waals surface area contributed by atoms with E-state index in [1.807, 2.05) is 0 Å². The molecule has 0 spiro atoms. The van der Waals surface area contributed by atoms with Gasteiger partial charge in [0.15, 0.2) is 0 Å². The average Bonchev–Trinajstić information content (AvgIpc) is 4.13. The van der Waals surface area contributed by atoms with E-state index in [-0.39, 0.29) is 0 Å². The molecule has 9 aromatic carbocycles. The molecular formula is C56H34N4. The highest BCUT2D eigenvalue weighted by molar-refractivity contribution is 6.37. The van der Waals surface area contributed by atoms with Gasteiger partial charge < -0.3 is 17.9 Å². The van der Waals surface area contributed by atoms with Gasteiger partial charge in [0.25, 0.3) is 0 Å². The molecule has 0 amide bonds. The molecule has 0 radical (unpaired) electrons. The van der Waals surface area contributed by atoms with Gasteiger partial charge in [-0.2, -0.15) is 0 Å². The van der Waals surface area contributed by atoms with E-state index in [2.05, 4.69) is 202 Å². The maximum absolute atomic E-state index is 2.61. The van der Waals surface area contributed by atoms with Gasteiger partial charge >= 0.3 is 0 Å². The number of rotatable bonds is 2. The Morgan fingerprint density at radius 1 is 0.250 bits per heavy atom. The third-order valence-corrected chi connectivity index (χ3v) is 14.1. The Bertz CT molecular complexity index is 4060. The van der Waals surface area contributed by atoms with Gasteiger partial charge in [-0.15, -0.1) is 0 Å². The molecule has 0 saturated carbocycles. The number of hydrogen-bond donors (Lipinski definition) is 0. The zero-order chi connectivity index (χ0) is 39.1. The first-order valence-corrected chi connectivity index (χ1v) is 21.0. The second-order valence-electron chi connectivity index (χ2n) is 16.9. The topological polar surface area (TPSA) is 18.7 Å². The molecule has 0 aliphatic rings. The predicted molar refractivity (Wildman–Crippen MR) is 254 cm³/mol. The van der Waals surface area contributed by atoms with Gasteiger partial charge in [-0.1, -0.05) is 109 Å². The Balaban J connectivity index is 1.11. The van der Waals surface area contributed by atoms with Crippen LogP contribution in [-0.4, -0.2) is 17.9 Å². The van der Waals surface area contributed by atoms with Crippen LogP contribution in [0.25, 0.3) is 131 Å². The lowest BCUT2D eigenvalue weighted by molar-refractivity contribution is 1.18. The Labute approximate surface area is 342 Å². The summed E-state index contributed by atoms with van der Waals surface area (Å²) in [5, 5.41) is 15.8. The Hall–Kier alpha value is -7.82. The number of para-hydroxylation sites is 6. The van der Waals surface area contributed by atoms with Crippen LogP contribution in [0.2, 0.25) is 0 Å². The molecule has 0 aliphatic carbocycles. The van der Waals surface area contributed by atoms with Gasteiger partial charge in [0.2, 0.25) is 0 Å². The van der Waals surface area contributed by atoms with Crippen molar-refractivity contribution in [3.63, 3.8) is 0 Å². The van der Waals surface area contributed by atoms with Crippen molar-refractivity contribution in [2.45, 2.75) is 13.8 Å². The first-order chi connectivity index (χ1) is 29.7. The van der Waals surface area contributed by atoms with Crippen LogP contribution in [0.1, 0.15) is 11.1 Å². The zero-order valence-electron chi connectivity index (χ0n) is 33.0. The molecule has 0 saturated heterocycles. The molecule has 0 atom stereocenters. The van der Waals surface area contributed by atoms with Crippen molar-refractivity contribution in [2.24, 2.45) is 0 Å². The quantitative estimate of drug-likeness (QED) is 0.167. The molecule has 278 valence electrons. The average molecular weight is 763 g/mol. The summed E-state index contributed by atoms with van der Waals surface area (Å²) in [7, 11) is 0. The number of hydrogen-bond acceptors (Lipinski definition) is 0. The summed E-state index contributed by atoms with van der Waals surface area (Å²) >= 11 is 0. The maximum atomic E-state index is 2.61. The first-order valence-electron chi connectivity index (χ1n) is 21.0. The maximum Gasteiger partial charge on any atom is 0.0620 e. The van der Waals surface area contributed by atoms with Crippen LogP contribution in [0.4, 0.5) is 0 Å². The van der Waals surface area contributed by atoms with Crippen molar-refractivity contribution in [2.75, 3.05) is 0 Å². The first kappa shape index (κ1) is 31.2. The molecule has 0 N–H and O–H groups in total. The molecular weight excluding hydrogens is 729 g/mol. The highest BCUT2D eigenvalue weighted by Gasteiger charge is 2.29. The predicted octanol–water partition coefficient (Wildman–Crippen LogP) is 14.8. The van der Waals surface area contributed by atoms with Crippen molar-refractivity contribution in [3.8, 4) is 11.4 Å². The number of nitrogens with zero attached hydrogens (tertiary/aromatic N) is 4. The summed E-state index contributed by atoms with van der Waals surface area (Å²) in [5.74, 6) is 0. The lowest BCUT2D eigenvalue weighted by Crippen LogP contribution is -1.93. The van der Waals surface area contributed by atoms with Crippen molar-refractivity contribution in [1.82, 2.24) is 17.9 Å². The van der Waals surface area contributed by atoms with Crippen LogP contribution in [0, 0.1) is 13.8 Å². The van der Waals surface area contributed by atoms with Gasteiger partial charge in [0, 0.05) is 76.0 Å². The van der Waals surface area contributed by atoms with Crippen LogP contribution in [0.3, 0.4) is 0 Å². The van der Waals surface area contributed by atoms with E-state index >= 15 is 0 Å². The van der Waals surface area contributed by atoms with E-state index in [1.54, 1.807) is 0 Å². The van der Waals surface area contributed by atoms with Crippen molar-refractivity contribution in [3.05, 3.63) is 181 Å². The molecule has 15 aromatic rings. The normalized spacial score (nSPS) is 12.8. The van der Waals surface area contributed by atoms with Crippen LogP contribution in [0.15, 0.2) is 170 Å². The fourth-order valence-electron chi connectivity index (χ4n) is 12.0. The minimum Gasteiger partial charge on any atom is -0.309 e. The number of aryl methyl sites for hydroxylation is 2. The van der Waals surface area contributed by atoms with Gasteiger partial charge in [-0.3, -0.25) is 0 Å². The SMILES string of the molecule is Cc1c2c3cccc4c5c6c7ccccc7n(-c7ccccc7)c6ccc5n(c2c(C)c2c5cccc6c7c8c9ccccc9n(-c9ccccc9)c8ccc7n(c12)c56)c34. The highest BCUT2D eigenvalue weighted by Crippen LogP contribution is 2.51. The molecule has 15 rings (SSSR count). The Morgan fingerprint density at radius 2 is 0.583 bits per heavy atom. The molecule has 0 unspecified atom stereocenters.